The van der Waals surface area contributed by atoms with Crippen LogP contribution in [-0.4, -0.2) is 65.3 Å². The van der Waals surface area contributed by atoms with Crippen LogP contribution < -0.4 is 19.8 Å². The van der Waals surface area contributed by atoms with Crippen molar-refractivity contribution in [3.05, 3.63) is 103 Å². The van der Waals surface area contributed by atoms with Crippen LogP contribution in [0.5, 0.6) is 11.6 Å². The van der Waals surface area contributed by atoms with E-state index in [-0.39, 0.29) is 41.8 Å². The molecule has 4 aromatic heterocycles. The van der Waals surface area contributed by atoms with Crippen LogP contribution in [-0.2, 0) is 11.5 Å². The maximum Gasteiger partial charge on any atom is 0.387 e. The number of aromatic nitrogens is 5. The maximum atomic E-state index is 15.6. The lowest BCUT2D eigenvalue weighted by atomic mass is 9.98. The highest BCUT2D eigenvalue weighted by atomic mass is 28.4. The van der Waals surface area contributed by atoms with Gasteiger partial charge in [-0.05, 0) is 45.2 Å². The summed E-state index contributed by atoms with van der Waals surface area (Å²) in [6, 6.07) is 22.4. The first-order valence-electron chi connectivity index (χ1n) is 19.0. The second-order valence-electron chi connectivity index (χ2n) is 16.5. The zero-order valence-corrected chi connectivity index (χ0v) is 34.8. The van der Waals surface area contributed by atoms with Gasteiger partial charge in [0.15, 0.2) is 5.75 Å². The third-order valence-electron chi connectivity index (χ3n) is 10.6. The third-order valence-corrected chi connectivity index (χ3v) is 16.8. The Labute approximate surface area is 331 Å². The van der Waals surface area contributed by atoms with Gasteiger partial charge < -0.3 is 23.6 Å². The summed E-state index contributed by atoms with van der Waals surface area (Å²) in [5.41, 5.74) is 1.28. The Kier molecular flexibility index (Phi) is 11.2. The van der Waals surface area contributed by atoms with Gasteiger partial charge in [0.25, 0.3) is 14.7 Å². The first-order valence-corrected chi connectivity index (χ1v) is 24.6. The number of rotatable bonds is 13. The molecule has 57 heavy (non-hydrogen) atoms. The van der Waals surface area contributed by atoms with Crippen molar-refractivity contribution < 1.29 is 36.6 Å². The Morgan fingerprint density at radius 1 is 0.930 bits per heavy atom. The van der Waals surface area contributed by atoms with Gasteiger partial charge in [-0.1, -0.05) is 95.0 Å². The van der Waals surface area contributed by atoms with E-state index in [9.17, 15) is 13.6 Å². The lowest BCUT2D eigenvalue weighted by molar-refractivity contribution is -0.0496. The Hall–Kier alpha value is -4.84. The van der Waals surface area contributed by atoms with Crippen molar-refractivity contribution >= 4 is 37.8 Å². The molecule has 0 radical (unpaired) electrons. The number of hydrogen-bond acceptors (Lipinski definition) is 7. The molecule has 1 N–H and O–H groups in total. The predicted octanol–water partition coefficient (Wildman–Crippen LogP) is 9.04. The second kappa shape index (κ2) is 15.8. The van der Waals surface area contributed by atoms with Crippen molar-refractivity contribution in [2.24, 2.45) is 0 Å². The molecule has 15 heteroatoms. The minimum atomic E-state index is -3.52. The molecular weight excluding hydrogens is 771 g/mol. The summed E-state index contributed by atoms with van der Waals surface area (Å²) in [5, 5.41) is 6.13. The van der Waals surface area contributed by atoms with Crippen LogP contribution in [0.2, 0.25) is 30.7 Å². The fourth-order valence-electron chi connectivity index (χ4n) is 7.77. The van der Waals surface area contributed by atoms with Crippen molar-refractivity contribution in [3.63, 3.8) is 0 Å². The standard InChI is InChI=1S/C42H47F4N5O4Si2/c1-42(2,3)57(52,27-13-8-7-9-14-27)33-17-11-10-15-28(33)31-19-22-54-40-35(36(38(43)44)49-51(31)40)37-34(29-18-21-47-25-32(29)55-41(45)46)30-16-12-20-48-39(30)50(37)26-53-23-24-56(4,5)6/h7-18,20-21,25,31,38,41,52H,19,22-24,26H2,1-6H3. The molecule has 300 valence electrons. The van der Waals surface area contributed by atoms with E-state index in [1.165, 1.54) is 23.1 Å². The average Bonchev–Trinajstić information content (AvgIpc) is 3.71. The Bertz CT molecular complexity index is 2360. The van der Waals surface area contributed by atoms with Crippen LogP contribution in [0.3, 0.4) is 0 Å². The van der Waals surface area contributed by atoms with E-state index in [1.807, 2.05) is 75.4 Å². The van der Waals surface area contributed by atoms with Crippen molar-refractivity contribution in [1.82, 2.24) is 24.3 Å². The van der Waals surface area contributed by atoms with E-state index in [4.69, 9.17) is 14.2 Å². The van der Waals surface area contributed by atoms with Crippen molar-refractivity contribution in [1.29, 1.82) is 0 Å². The van der Waals surface area contributed by atoms with Gasteiger partial charge in [-0.15, -0.1) is 0 Å². The van der Waals surface area contributed by atoms with Gasteiger partial charge in [0.2, 0.25) is 5.88 Å². The van der Waals surface area contributed by atoms with Crippen molar-refractivity contribution in [2.75, 3.05) is 13.2 Å². The highest BCUT2D eigenvalue weighted by molar-refractivity contribution is 6.98. The van der Waals surface area contributed by atoms with E-state index in [0.717, 1.165) is 22.0 Å². The molecule has 0 bridgehead atoms. The molecule has 0 saturated heterocycles. The number of hydrogen-bond donors (Lipinski definition) is 1. The monoisotopic (exact) mass is 817 g/mol. The number of ether oxygens (including phenoxy) is 3. The van der Waals surface area contributed by atoms with E-state index in [2.05, 4.69) is 34.7 Å². The van der Waals surface area contributed by atoms with Crippen LogP contribution in [0.4, 0.5) is 17.6 Å². The van der Waals surface area contributed by atoms with Crippen LogP contribution in [0.1, 0.15) is 50.9 Å². The number of fused-ring (bicyclic) bond motifs is 2. The van der Waals surface area contributed by atoms with Gasteiger partial charge >= 0.3 is 6.61 Å². The molecule has 2 atom stereocenters. The fourth-order valence-corrected chi connectivity index (χ4v) is 12.2. The van der Waals surface area contributed by atoms with Gasteiger partial charge in [-0.2, -0.15) is 13.9 Å². The topological polar surface area (TPSA) is 96.5 Å². The van der Waals surface area contributed by atoms with Crippen LogP contribution in [0.25, 0.3) is 33.4 Å². The maximum absolute atomic E-state index is 15.6. The molecule has 2 unspecified atom stereocenters. The Balaban J connectivity index is 1.50. The second-order valence-corrected chi connectivity index (χ2v) is 26.2. The van der Waals surface area contributed by atoms with Crippen LogP contribution >= 0.6 is 0 Å². The Morgan fingerprint density at radius 2 is 1.67 bits per heavy atom. The zero-order chi connectivity index (χ0) is 40.7. The highest BCUT2D eigenvalue weighted by Gasteiger charge is 2.49. The molecule has 0 spiro atoms. The summed E-state index contributed by atoms with van der Waals surface area (Å²) >= 11 is 0. The number of halogens is 4. The van der Waals surface area contributed by atoms with Crippen molar-refractivity contribution in [2.45, 2.75) is 83.7 Å². The number of alkyl halides is 4. The molecular formula is C42H47F4N5O4Si2. The molecule has 0 amide bonds. The third kappa shape index (κ3) is 7.65. The normalized spacial score (nSPS) is 15.8. The lowest BCUT2D eigenvalue weighted by Gasteiger charge is -2.41. The van der Waals surface area contributed by atoms with Crippen LogP contribution in [0.15, 0.2) is 91.4 Å². The molecule has 0 fully saturated rings. The minimum absolute atomic E-state index is 0.0137. The predicted molar refractivity (Wildman–Crippen MR) is 218 cm³/mol. The first-order chi connectivity index (χ1) is 27.1. The van der Waals surface area contributed by atoms with E-state index < -0.39 is 46.2 Å². The van der Waals surface area contributed by atoms with Gasteiger partial charge in [0.1, 0.15) is 18.1 Å². The van der Waals surface area contributed by atoms with Crippen LogP contribution in [0, 0.1) is 0 Å². The van der Waals surface area contributed by atoms with Gasteiger partial charge in [0, 0.05) is 50.0 Å². The molecule has 7 rings (SSSR count). The molecule has 6 aromatic rings. The molecule has 1 aliphatic heterocycles. The molecule has 2 aromatic carbocycles. The average molecular weight is 818 g/mol. The van der Waals surface area contributed by atoms with Gasteiger partial charge in [-0.25, -0.2) is 18.4 Å². The summed E-state index contributed by atoms with van der Waals surface area (Å²) in [6.45, 7) is 10.0. The molecule has 0 aliphatic carbocycles. The summed E-state index contributed by atoms with van der Waals surface area (Å²) in [5.74, 6) is -0.161. The summed E-state index contributed by atoms with van der Waals surface area (Å²) in [7, 11) is -5.03. The van der Waals surface area contributed by atoms with Crippen molar-refractivity contribution in [3.8, 4) is 34.0 Å². The number of pyridine rings is 2. The highest BCUT2D eigenvalue weighted by Crippen LogP contribution is 2.51. The largest absolute Gasteiger partial charge is 0.477 e. The molecule has 9 nitrogen and oxygen atoms in total. The van der Waals surface area contributed by atoms with Gasteiger partial charge in [0.05, 0.1) is 30.1 Å². The summed E-state index contributed by atoms with van der Waals surface area (Å²) in [4.78, 5) is 21.7. The fraction of sp³-hybridized carbons (Fsp3) is 0.357. The van der Waals surface area contributed by atoms with E-state index >= 15 is 8.78 Å². The smallest absolute Gasteiger partial charge is 0.387 e. The molecule has 0 saturated carbocycles. The van der Waals surface area contributed by atoms with E-state index in [0.29, 0.717) is 29.6 Å². The lowest BCUT2D eigenvalue weighted by Crippen LogP contribution is -2.65. The number of benzene rings is 2. The zero-order valence-electron chi connectivity index (χ0n) is 32.8. The van der Waals surface area contributed by atoms with E-state index in [1.54, 1.807) is 22.9 Å². The quantitative estimate of drug-likeness (QED) is 0.0706. The molecule has 5 heterocycles. The first kappa shape index (κ1) is 40.4. The summed E-state index contributed by atoms with van der Waals surface area (Å²) < 4.78 is 79.8. The minimum Gasteiger partial charge on any atom is -0.477 e. The summed E-state index contributed by atoms with van der Waals surface area (Å²) in [6.07, 6.45) is 1.49. The SMILES string of the molecule is CC(C)(C)[Si](O)(c1ccccc1)c1ccccc1C1CCOc2c(-c3c(-c4ccncc4OC(F)F)c4cccnc4n3COCC[Si](C)(C)C)c(C(F)F)nn21. The van der Waals surface area contributed by atoms with Gasteiger partial charge in [-0.3, -0.25) is 4.98 Å². The number of nitrogens with zero attached hydrogens (tertiary/aromatic N) is 5. The Morgan fingerprint density at radius 3 is 2.37 bits per heavy atom. The molecule has 1 aliphatic rings.